The number of hydrogen-bond donors (Lipinski definition) is 0. The van der Waals surface area contributed by atoms with Gasteiger partial charge in [0.1, 0.15) is 0 Å². The molecule has 0 aliphatic heterocycles. The van der Waals surface area contributed by atoms with Gasteiger partial charge in [0, 0.05) is 6.42 Å². The minimum atomic E-state index is -1.06. The van der Waals surface area contributed by atoms with E-state index in [1.807, 2.05) is 91.9 Å². The van der Waals surface area contributed by atoms with Gasteiger partial charge in [-0.3, -0.25) is 9.78 Å². The summed E-state index contributed by atoms with van der Waals surface area (Å²) in [5.74, 6) is -1.35. The predicted octanol–water partition coefficient (Wildman–Crippen LogP) is 7.41. The standard InChI is InChI=1S/C31H28O6/c1-2-3-14-29(34-36-30(32)27-19-15-25(16-20-27)23-10-6-4-7-11-23)35-37-31(33)28-21-17-26(18-22-28)24-12-8-5-9-13-24/h4-13,15-22,29H,2-3,14H2,1H3. The quantitative estimate of drug-likeness (QED) is 0.122. The van der Waals surface area contributed by atoms with Crippen molar-refractivity contribution >= 4 is 11.9 Å². The van der Waals surface area contributed by atoms with Crippen LogP contribution in [0.3, 0.4) is 0 Å². The summed E-state index contributed by atoms with van der Waals surface area (Å²) >= 11 is 0. The van der Waals surface area contributed by atoms with E-state index in [1.165, 1.54) is 0 Å². The Morgan fingerprint density at radius 1 is 0.568 bits per heavy atom. The molecule has 0 spiro atoms. The first kappa shape index (κ1) is 25.8. The van der Waals surface area contributed by atoms with Crippen LogP contribution < -0.4 is 0 Å². The highest BCUT2D eigenvalue weighted by Crippen LogP contribution is 2.21. The van der Waals surface area contributed by atoms with Crippen molar-refractivity contribution < 1.29 is 29.1 Å². The summed E-state index contributed by atoms with van der Waals surface area (Å²) in [6.45, 7) is 2.00. The molecule has 0 bridgehead atoms. The van der Waals surface area contributed by atoms with Crippen molar-refractivity contribution in [3.05, 3.63) is 120 Å². The van der Waals surface area contributed by atoms with E-state index in [2.05, 4.69) is 0 Å². The van der Waals surface area contributed by atoms with Crippen LogP contribution in [-0.4, -0.2) is 18.2 Å². The lowest BCUT2D eigenvalue weighted by atomic mass is 10.0. The highest BCUT2D eigenvalue weighted by atomic mass is 17.3. The van der Waals surface area contributed by atoms with Crippen molar-refractivity contribution in [2.45, 2.75) is 32.5 Å². The van der Waals surface area contributed by atoms with E-state index in [0.717, 1.165) is 35.1 Å². The number of rotatable bonds is 11. The van der Waals surface area contributed by atoms with Gasteiger partial charge >= 0.3 is 11.9 Å². The zero-order valence-corrected chi connectivity index (χ0v) is 20.5. The molecule has 6 heteroatoms. The highest BCUT2D eigenvalue weighted by Gasteiger charge is 2.19. The zero-order chi connectivity index (χ0) is 25.9. The van der Waals surface area contributed by atoms with Gasteiger partial charge in [-0.25, -0.2) is 9.59 Å². The fourth-order valence-electron chi connectivity index (χ4n) is 3.63. The lowest BCUT2D eigenvalue weighted by molar-refractivity contribution is -0.421. The lowest BCUT2D eigenvalue weighted by Gasteiger charge is -2.15. The van der Waals surface area contributed by atoms with Gasteiger partial charge < -0.3 is 0 Å². The van der Waals surface area contributed by atoms with E-state index >= 15 is 0 Å². The van der Waals surface area contributed by atoms with E-state index in [4.69, 9.17) is 19.6 Å². The molecule has 6 nitrogen and oxygen atoms in total. The van der Waals surface area contributed by atoms with Crippen LogP contribution in [0.1, 0.15) is 46.9 Å². The van der Waals surface area contributed by atoms with Gasteiger partial charge in [0.15, 0.2) is 0 Å². The van der Waals surface area contributed by atoms with E-state index in [0.29, 0.717) is 17.5 Å². The van der Waals surface area contributed by atoms with Crippen LogP contribution in [0.15, 0.2) is 109 Å². The number of carbonyl (C=O) groups excluding carboxylic acids is 2. The van der Waals surface area contributed by atoms with Crippen molar-refractivity contribution in [1.29, 1.82) is 0 Å². The summed E-state index contributed by atoms with van der Waals surface area (Å²) in [4.78, 5) is 45.3. The van der Waals surface area contributed by atoms with E-state index in [9.17, 15) is 9.59 Å². The summed E-state index contributed by atoms with van der Waals surface area (Å²) in [6.07, 6.45) is 0.890. The summed E-state index contributed by atoms with van der Waals surface area (Å²) in [6, 6.07) is 33.7. The van der Waals surface area contributed by atoms with Crippen molar-refractivity contribution in [3.8, 4) is 22.3 Å². The van der Waals surface area contributed by atoms with Crippen LogP contribution in [0, 0.1) is 0 Å². The van der Waals surface area contributed by atoms with Crippen LogP contribution in [0.25, 0.3) is 22.3 Å². The SMILES string of the molecule is CCCCC(OOC(=O)c1ccc(-c2ccccc2)cc1)OOC(=O)c1ccc(-c2ccccc2)cc1. The third kappa shape index (κ3) is 7.36. The Morgan fingerprint density at radius 2 is 0.946 bits per heavy atom. The van der Waals surface area contributed by atoms with Crippen molar-refractivity contribution in [1.82, 2.24) is 0 Å². The molecule has 0 N–H and O–H groups in total. The molecule has 0 aromatic heterocycles. The molecule has 0 saturated heterocycles. The molecule has 0 radical (unpaired) electrons. The van der Waals surface area contributed by atoms with Gasteiger partial charge in [-0.1, -0.05) is 98.3 Å². The largest absolute Gasteiger partial charge is 0.373 e. The molecule has 0 atom stereocenters. The molecular weight excluding hydrogens is 468 g/mol. The minimum Gasteiger partial charge on any atom is -0.290 e. The Kier molecular flexibility index (Phi) is 9.18. The molecule has 4 aromatic rings. The Bertz CT molecular complexity index is 1170. The summed E-state index contributed by atoms with van der Waals surface area (Å²) < 4.78 is 0. The van der Waals surface area contributed by atoms with Gasteiger partial charge in [-0.15, -0.1) is 9.78 Å². The predicted molar refractivity (Wildman–Crippen MR) is 140 cm³/mol. The fourth-order valence-corrected chi connectivity index (χ4v) is 3.63. The van der Waals surface area contributed by atoms with Crippen LogP contribution >= 0.6 is 0 Å². The molecule has 188 valence electrons. The molecule has 0 aliphatic carbocycles. The van der Waals surface area contributed by atoms with Crippen molar-refractivity contribution in [2.75, 3.05) is 0 Å². The minimum absolute atomic E-state index is 0.324. The average Bonchev–Trinajstić information content (AvgIpc) is 2.97. The highest BCUT2D eigenvalue weighted by molar-refractivity contribution is 5.90. The second kappa shape index (κ2) is 13.2. The van der Waals surface area contributed by atoms with Crippen LogP contribution in [-0.2, 0) is 19.6 Å². The molecule has 37 heavy (non-hydrogen) atoms. The Morgan fingerprint density at radius 3 is 1.32 bits per heavy atom. The summed E-state index contributed by atoms with van der Waals surface area (Å²) in [5, 5.41) is 0. The number of hydrogen-bond acceptors (Lipinski definition) is 6. The Balaban J connectivity index is 1.30. The lowest BCUT2D eigenvalue weighted by Crippen LogP contribution is -2.22. The summed E-state index contributed by atoms with van der Waals surface area (Å²) in [7, 11) is 0. The zero-order valence-electron chi connectivity index (χ0n) is 20.5. The number of carbonyl (C=O) groups is 2. The smallest absolute Gasteiger partial charge is 0.290 e. The van der Waals surface area contributed by atoms with Gasteiger partial charge in [-0.2, -0.15) is 0 Å². The van der Waals surface area contributed by atoms with Gasteiger partial charge in [-0.05, 0) is 52.9 Å². The van der Waals surface area contributed by atoms with E-state index in [1.54, 1.807) is 24.3 Å². The molecule has 0 heterocycles. The Hall–Kier alpha value is -4.26. The van der Waals surface area contributed by atoms with Gasteiger partial charge in [0.25, 0.3) is 0 Å². The topological polar surface area (TPSA) is 71.1 Å². The van der Waals surface area contributed by atoms with Crippen LogP contribution in [0.5, 0.6) is 0 Å². The average molecular weight is 497 g/mol. The maximum Gasteiger partial charge on any atom is 0.373 e. The van der Waals surface area contributed by atoms with Crippen molar-refractivity contribution in [3.63, 3.8) is 0 Å². The first-order valence-corrected chi connectivity index (χ1v) is 12.2. The fraction of sp³-hybridized carbons (Fsp3) is 0.161. The van der Waals surface area contributed by atoms with Crippen molar-refractivity contribution in [2.24, 2.45) is 0 Å². The normalized spacial score (nSPS) is 10.8. The molecule has 0 fully saturated rings. The third-order valence-electron chi connectivity index (χ3n) is 5.71. The third-order valence-corrected chi connectivity index (χ3v) is 5.71. The first-order valence-electron chi connectivity index (χ1n) is 12.2. The maximum atomic E-state index is 12.5. The second-order valence-electron chi connectivity index (χ2n) is 8.39. The monoisotopic (exact) mass is 496 g/mol. The molecule has 0 unspecified atom stereocenters. The molecule has 4 aromatic carbocycles. The van der Waals surface area contributed by atoms with Crippen LogP contribution in [0.4, 0.5) is 0 Å². The molecule has 0 saturated carbocycles. The Labute approximate surface area is 216 Å². The van der Waals surface area contributed by atoms with E-state index < -0.39 is 18.2 Å². The first-order chi connectivity index (χ1) is 18.1. The molecule has 4 rings (SSSR count). The summed E-state index contributed by atoms with van der Waals surface area (Å²) in [5.41, 5.74) is 4.69. The van der Waals surface area contributed by atoms with E-state index in [-0.39, 0.29) is 0 Å². The molecule has 0 amide bonds. The van der Waals surface area contributed by atoms with Crippen LogP contribution in [0.2, 0.25) is 0 Å². The number of unbranched alkanes of at least 4 members (excludes halogenated alkanes) is 1. The second-order valence-corrected chi connectivity index (χ2v) is 8.39. The number of benzene rings is 4. The maximum absolute atomic E-state index is 12.5. The molecule has 0 aliphatic rings. The van der Waals surface area contributed by atoms with Gasteiger partial charge in [0.2, 0.25) is 6.29 Å². The van der Waals surface area contributed by atoms with Gasteiger partial charge in [0.05, 0.1) is 11.1 Å². The molecular formula is C31H28O6.